The van der Waals surface area contributed by atoms with Crippen molar-refractivity contribution in [3.63, 3.8) is 0 Å². The highest BCUT2D eigenvalue weighted by atomic mass is 32.2. The fourth-order valence-electron chi connectivity index (χ4n) is 2.03. The minimum atomic E-state index is -3.89. The normalized spacial score (nSPS) is 16.7. The number of carbonyl (C=O) groups excluding carboxylic acids is 2. The van der Waals surface area contributed by atoms with Gasteiger partial charge in [-0.25, -0.2) is 8.42 Å². The van der Waals surface area contributed by atoms with Gasteiger partial charge in [0.25, 0.3) is 0 Å². The Morgan fingerprint density at radius 3 is 2.38 bits per heavy atom. The van der Waals surface area contributed by atoms with E-state index in [9.17, 15) is 18.0 Å². The number of piperazine rings is 1. The Bertz CT molecular complexity index is 668. The largest absolute Gasteiger partial charge is 0.494 e. The number of nitrogens with one attached hydrogen (secondary N) is 1. The molecule has 1 aromatic rings. The molecule has 0 aromatic heterocycles. The molecule has 2 rings (SSSR count). The zero-order valence-corrected chi connectivity index (χ0v) is 12.6. The average molecular weight is 312 g/mol. The molecule has 8 heteroatoms. The lowest BCUT2D eigenvalue weighted by Gasteiger charge is -2.25. The van der Waals surface area contributed by atoms with Gasteiger partial charge in [0, 0.05) is 0 Å². The fraction of sp³-hybridized carbons (Fsp3) is 0.385. The summed E-state index contributed by atoms with van der Waals surface area (Å²) >= 11 is 0. The summed E-state index contributed by atoms with van der Waals surface area (Å²) in [5.74, 6) is -0.654. The number of rotatable bonds is 4. The second-order valence-corrected chi connectivity index (χ2v) is 6.54. The van der Waals surface area contributed by atoms with Gasteiger partial charge in [0.1, 0.15) is 5.75 Å². The van der Waals surface area contributed by atoms with Crippen LogP contribution in [0, 0.1) is 6.92 Å². The van der Waals surface area contributed by atoms with Crippen LogP contribution in [0.3, 0.4) is 0 Å². The molecule has 1 saturated heterocycles. The van der Waals surface area contributed by atoms with Crippen molar-refractivity contribution in [1.29, 1.82) is 0 Å². The summed E-state index contributed by atoms with van der Waals surface area (Å²) in [7, 11) is -3.89. The van der Waals surface area contributed by atoms with E-state index in [0.717, 1.165) is 4.31 Å². The quantitative estimate of drug-likeness (QED) is 0.793. The maximum atomic E-state index is 12.5. The Morgan fingerprint density at radius 1 is 1.24 bits per heavy atom. The van der Waals surface area contributed by atoms with Crippen LogP contribution in [0.4, 0.5) is 0 Å². The number of amides is 2. The van der Waals surface area contributed by atoms with Crippen LogP contribution < -0.4 is 10.1 Å². The fourth-order valence-corrected chi connectivity index (χ4v) is 3.47. The van der Waals surface area contributed by atoms with Gasteiger partial charge in [-0.1, -0.05) is 0 Å². The molecule has 0 saturated carbocycles. The highest BCUT2D eigenvalue weighted by molar-refractivity contribution is 7.89. The Balaban J connectivity index is 2.33. The van der Waals surface area contributed by atoms with Gasteiger partial charge >= 0.3 is 0 Å². The molecule has 0 radical (unpaired) electrons. The number of carbonyl (C=O) groups is 2. The first-order valence-electron chi connectivity index (χ1n) is 6.41. The molecular weight excluding hydrogens is 296 g/mol. The van der Waals surface area contributed by atoms with Crippen LogP contribution >= 0.6 is 0 Å². The van der Waals surface area contributed by atoms with Crippen molar-refractivity contribution in [2.75, 3.05) is 19.7 Å². The van der Waals surface area contributed by atoms with E-state index in [4.69, 9.17) is 4.74 Å². The molecule has 0 spiro atoms. The summed E-state index contributed by atoms with van der Waals surface area (Å²) < 4.78 is 31.1. The van der Waals surface area contributed by atoms with Crippen LogP contribution in [0.15, 0.2) is 23.1 Å². The van der Waals surface area contributed by atoms with Crippen molar-refractivity contribution >= 4 is 21.8 Å². The number of benzene rings is 1. The third-order valence-electron chi connectivity index (χ3n) is 3.00. The van der Waals surface area contributed by atoms with Crippen molar-refractivity contribution in [3.05, 3.63) is 23.8 Å². The molecule has 1 aromatic carbocycles. The van der Waals surface area contributed by atoms with E-state index in [1.54, 1.807) is 13.0 Å². The SMILES string of the molecule is CCOc1ccc(S(=O)(=O)N2CC(=O)NC(=O)C2)cc1C. The zero-order valence-electron chi connectivity index (χ0n) is 11.8. The van der Waals surface area contributed by atoms with Crippen molar-refractivity contribution in [2.24, 2.45) is 0 Å². The van der Waals surface area contributed by atoms with Crippen molar-refractivity contribution in [2.45, 2.75) is 18.7 Å². The number of aryl methyl sites for hydroxylation is 1. The van der Waals surface area contributed by atoms with Crippen LogP contribution in [-0.2, 0) is 19.6 Å². The third kappa shape index (κ3) is 3.22. The molecule has 0 aliphatic carbocycles. The molecule has 1 N–H and O–H groups in total. The second-order valence-electron chi connectivity index (χ2n) is 4.60. The maximum Gasteiger partial charge on any atom is 0.244 e. The van der Waals surface area contributed by atoms with Crippen LogP contribution in [-0.4, -0.2) is 44.2 Å². The van der Waals surface area contributed by atoms with Gasteiger partial charge in [0.15, 0.2) is 0 Å². The van der Waals surface area contributed by atoms with E-state index < -0.39 is 21.8 Å². The second kappa shape index (κ2) is 5.82. The highest BCUT2D eigenvalue weighted by Gasteiger charge is 2.33. The summed E-state index contributed by atoms with van der Waals surface area (Å²) in [5, 5.41) is 2.07. The first-order chi connectivity index (χ1) is 9.84. The maximum absolute atomic E-state index is 12.5. The molecule has 7 nitrogen and oxygen atoms in total. The van der Waals surface area contributed by atoms with Crippen LogP contribution in [0.2, 0.25) is 0 Å². The third-order valence-corrected chi connectivity index (χ3v) is 4.79. The Kier molecular flexibility index (Phi) is 4.29. The molecule has 2 amide bonds. The number of nitrogens with zero attached hydrogens (tertiary/aromatic N) is 1. The van der Waals surface area contributed by atoms with E-state index in [1.165, 1.54) is 12.1 Å². The van der Waals surface area contributed by atoms with E-state index in [1.807, 2.05) is 6.92 Å². The number of ether oxygens (including phenoxy) is 1. The van der Waals surface area contributed by atoms with Gasteiger partial charge in [-0.2, -0.15) is 4.31 Å². The lowest BCUT2D eigenvalue weighted by molar-refractivity contribution is -0.134. The topological polar surface area (TPSA) is 92.8 Å². The zero-order chi connectivity index (χ0) is 15.6. The summed E-state index contributed by atoms with van der Waals surface area (Å²) in [5.41, 5.74) is 0.672. The number of hydrogen-bond acceptors (Lipinski definition) is 5. The van der Waals surface area contributed by atoms with Gasteiger partial charge in [0.05, 0.1) is 24.6 Å². The standard InChI is InChI=1S/C13H16N2O5S/c1-3-20-11-5-4-10(6-9(11)2)21(18,19)15-7-12(16)14-13(17)8-15/h4-6H,3,7-8H2,1-2H3,(H,14,16,17). The Morgan fingerprint density at radius 2 is 1.86 bits per heavy atom. The monoisotopic (exact) mass is 312 g/mol. The summed E-state index contributed by atoms with van der Waals surface area (Å²) in [6, 6.07) is 4.44. The number of sulfonamides is 1. The predicted molar refractivity (Wildman–Crippen MR) is 74.3 cm³/mol. The minimum Gasteiger partial charge on any atom is -0.494 e. The van der Waals surface area contributed by atoms with Gasteiger partial charge in [-0.05, 0) is 37.6 Å². The first kappa shape index (κ1) is 15.5. The molecule has 21 heavy (non-hydrogen) atoms. The predicted octanol–water partition coefficient (Wildman–Crippen LogP) is 0.0408. The highest BCUT2D eigenvalue weighted by Crippen LogP contribution is 2.24. The van der Waals surface area contributed by atoms with E-state index in [0.29, 0.717) is 17.9 Å². The van der Waals surface area contributed by atoms with Crippen LogP contribution in [0.5, 0.6) is 5.75 Å². The summed E-state index contributed by atoms with van der Waals surface area (Å²) in [4.78, 5) is 22.7. The van der Waals surface area contributed by atoms with Gasteiger partial charge < -0.3 is 4.74 Å². The molecule has 1 aliphatic rings. The van der Waals surface area contributed by atoms with Gasteiger partial charge in [0.2, 0.25) is 21.8 Å². The van der Waals surface area contributed by atoms with Gasteiger partial charge in [-0.3, -0.25) is 14.9 Å². The van der Waals surface area contributed by atoms with E-state index in [-0.39, 0.29) is 18.0 Å². The van der Waals surface area contributed by atoms with E-state index in [2.05, 4.69) is 5.32 Å². The van der Waals surface area contributed by atoms with Crippen LogP contribution in [0.25, 0.3) is 0 Å². The minimum absolute atomic E-state index is 0.0333. The molecule has 1 aliphatic heterocycles. The van der Waals surface area contributed by atoms with Crippen molar-refractivity contribution in [3.8, 4) is 5.75 Å². The van der Waals surface area contributed by atoms with Crippen LogP contribution in [0.1, 0.15) is 12.5 Å². The Hall–Kier alpha value is -1.93. The van der Waals surface area contributed by atoms with Crippen molar-refractivity contribution in [1.82, 2.24) is 9.62 Å². The smallest absolute Gasteiger partial charge is 0.244 e. The molecule has 1 heterocycles. The molecular formula is C13H16N2O5S. The number of hydrogen-bond donors (Lipinski definition) is 1. The van der Waals surface area contributed by atoms with Crippen molar-refractivity contribution < 1.29 is 22.7 Å². The molecule has 0 unspecified atom stereocenters. The summed E-state index contributed by atoms with van der Waals surface area (Å²) in [6.45, 7) is 3.33. The lowest BCUT2D eigenvalue weighted by Crippen LogP contribution is -2.53. The lowest BCUT2D eigenvalue weighted by atomic mass is 10.2. The molecule has 0 bridgehead atoms. The average Bonchev–Trinajstić information content (AvgIpc) is 2.40. The molecule has 114 valence electrons. The van der Waals surface area contributed by atoms with E-state index >= 15 is 0 Å². The van der Waals surface area contributed by atoms with Gasteiger partial charge in [-0.15, -0.1) is 0 Å². The molecule has 1 fully saturated rings. The summed E-state index contributed by atoms with van der Waals surface area (Å²) in [6.07, 6.45) is 0. The Labute approximate surface area is 122 Å². The first-order valence-corrected chi connectivity index (χ1v) is 7.85. The number of imide groups is 1. The molecule has 0 atom stereocenters.